The number of rotatable bonds is 41. The van der Waals surface area contributed by atoms with E-state index < -0.39 is 6.10 Å². The molecule has 0 aliphatic heterocycles. The van der Waals surface area contributed by atoms with Crippen molar-refractivity contribution in [3.63, 3.8) is 0 Å². The molecule has 0 aromatic carbocycles. The van der Waals surface area contributed by atoms with E-state index in [1.54, 1.807) is 0 Å². The Balaban J connectivity index is 4.33. The number of hydrogen-bond acceptors (Lipinski definition) is 6. The Hall–Kier alpha value is -2.11. The molecule has 0 radical (unpaired) electrons. The molecule has 0 N–H and O–H groups in total. The largest absolute Gasteiger partial charge is 0.462 e. The molecule has 1 atom stereocenters. The summed E-state index contributed by atoms with van der Waals surface area (Å²) in [7, 11) is 0. The van der Waals surface area contributed by atoms with E-state index >= 15 is 0 Å². The first kappa shape index (κ1) is 50.9. The predicted octanol–water partition coefficient (Wildman–Crippen LogP) is 14.4. The Morgan fingerprint density at radius 1 is 0.396 bits per heavy atom. The molecule has 0 bridgehead atoms. The van der Waals surface area contributed by atoms with Gasteiger partial charge in [0, 0.05) is 19.3 Å². The summed E-state index contributed by atoms with van der Waals surface area (Å²) >= 11 is 0. The standard InChI is InChI=1S/C47H86O6/c1-4-7-10-13-16-19-21-23-24-26-28-31-34-37-40-46(49)52-43-44(42-51-45(48)39-36-33-30-27-18-15-12-9-6-3)53-47(50)41-38-35-32-29-25-22-20-17-14-11-8-5-2/h8,11,17,20,44H,4-7,9-10,12-16,18-19,21-43H2,1-3H3/b11-8-,20-17-. The van der Waals surface area contributed by atoms with Gasteiger partial charge in [0.15, 0.2) is 6.10 Å². The van der Waals surface area contributed by atoms with Crippen molar-refractivity contribution in [2.45, 2.75) is 245 Å². The molecule has 0 amide bonds. The van der Waals surface area contributed by atoms with Crippen LogP contribution in [0.25, 0.3) is 0 Å². The molecule has 0 aliphatic rings. The first-order valence-corrected chi connectivity index (χ1v) is 22.8. The van der Waals surface area contributed by atoms with Gasteiger partial charge in [-0.1, -0.05) is 199 Å². The lowest BCUT2D eigenvalue weighted by Crippen LogP contribution is -2.30. The highest BCUT2D eigenvalue weighted by Crippen LogP contribution is 2.15. The summed E-state index contributed by atoms with van der Waals surface area (Å²) in [5.74, 6) is -0.885. The average Bonchev–Trinajstić information content (AvgIpc) is 3.15. The molecule has 310 valence electrons. The van der Waals surface area contributed by atoms with E-state index in [1.807, 2.05) is 0 Å². The quantitative estimate of drug-likeness (QED) is 0.0268. The predicted molar refractivity (Wildman–Crippen MR) is 224 cm³/mol. The summed E-state index contributed by atoms with van der Waals surface area (Å²) in [5.41, 5.74) is 0. The van der Waals surface area contributed by atoms with Gasteiger partial charge in [-0.05, 0) is 44.9 Å². The highest BCUT2D eigenvalue weighted by molar-refractivity contribution is 5.71. The number of carbonyl (C=O) groups excluding carboxylic acids is 3. The molecule has 0 heterocycles. The van der Waals surface area contributed by atoms with Gasteiger partial charge < -0.3 is 14.2 Å². The van der Waals surface area contributed by atoms with Crippen LogP contribution in [-0.4, -0.2) is 37.2 Å². The second-order valence-corrected chi connectivity index (χ2v) is 15.3. The number of allylic oxidation sites excluding steroid dienone is 4. The molecule has 0 rings (SSSR count). The number of carbonyl (C=O) groups is 3. The molecule has 0 fully saturated rings. The molecule has 0 spiro atoms. The zero-order chi connectivity index (χ0) is 38.7. The average molecular weight is 747 g/mol. The zero-order valence-corrected chi connectivity index (χ0v) is 35.3. The van der Waals surface area contributed by atoms with Gasteiger partial charge in [-0.2, -0.15) is 0 Å². The van der Waals surface area contributed by atoms with Gasteiger partial charge >= 0.3 is 17.9 Å². The number of esters is 3. The maximum absolute atomic E-state index is 12.7. The smallest absolute Gasteiger partial charge is 0.306 e. The van der Waals surface area contributed by atoms with Crippen LogP contribution < -0.4 is 0 Å². The molecule has 0 saturated carbocycles. The molecule has 53 heavy (non-hydrogen) atoms. The fourth-order valence-electron chi connectivity index (χ4n) is 6.54. The summed E-state index contributed by atoms with van der Waals surface area (Å²) in [5, 5.41) is 0. The molecule has 0 aromatic rings. The van der Waals surface area contributed by atoms with Crippen molar-refractivity contribution < 1.29 is 28.6 Å². The third kappa shape index (κ3) is 40.9. The summed E-state index contributed by atoms with van der Waals surface area (Å²) in [6.45, 7) is 6.50. The lowest BCUT2D eigenvalue weighted by Gasteiger charge is -2.18. The van der Waals surface area contributed by atoms with Crippen molar-refractivity contribution in [2.75, 3.05) is 13.2 Å². The van der Waals surface area contributed by atoms with Gasteiger partial charge in [-0.3, -0.25) is 14.4 Å². The van der Waals surface area contributed by atoms with Crippen molar-refractivity contribution in [1.82, 2.24) is 0 Å². The molecule has 0 saturated heterocycles. The van der Waals surface area contributed by atoms with Crippen molar-refractivity contribution in [2.24, 2.45) is 0 Å². The van der Waals surface area contributed by atoms with Crippen LogP contribution in [0, 0.1) is 0 Å². The normalized spacial score (nSPS) is 12.1. The van der Waals surface area contributed by atoms with E-state index in [1.165, 1.54) is 109 Å². The first-order chi connectivity index (χ1) is 26.0. The van der Waals surface area contributed by atoms with Crippen molar-refractivity contribution in [1.29, 1.82) is 0 Å². The number of ether oxygens (including phenoxy) is 3. The highest BCUT2D eigenvalue weighted by Gasteiger charge is 2.19. The summed E-state index contributed by atoms with van der Waals surface area (Å²) in [4.78, 5) is 37.6. The summed E-state index contributed by atoms with van der Waals surface area (Å²) in [6.07, 6.45) is 45.9. The molecular formula is C47H86O6. The van der Waals surface area contributed by atoms with Crippen LogP contribution in [0.1, 0.15) is 239 Å². The minimum absolute atomic E-state index is 0.0732. The van der Waals surface area contributed by atoms with E-state index in [9.17, 15) is 14.4 Å². The molecular weight excluding hydrogens is 661 g/mol. The topological polar surface area (TPSA) is 78.9 Å². The Bertz CT molecular complexity index is 865. The van der Waals surface area contributed by atoms with Crippen LogP contribution >= 0.6 is 0 Å². The molecule has 0 aromatic heterocycles. The number of unbranched alkanes of at least 4 members (excludes halogenated alkanes) is 26. The minimum Gasteiger partial charge on any atom is -0.462 e. The fraction of sp³-hybridized carbons (Fsp3) is 0.851. The van der Waals surface area contributed by atoms with E-state index in [4.69, 9.17) is 14.2 Å². The molecule has 0 aliphatic carbocycles. The van der Waals surface area contributed by atoms with Gasteiger partial charge in [-0.25, -0.2) is 0 Å². The van der Waals surface area contributed by atoms with Crippen LogP contribution in [0.5, 0.6) is 0 Å². The maximum atomic E-state index is 12.7. The lowest BCUT2D eigenvalue weighted by molar-refractivity contribution is -0.167. The Morgan fingerprint density at radius 2 is 0.736 bits per heavy atom. The monoisotopic (exact) mass is 747 g/mol. The fourth-order valence-corrected chi connectivity index (χ4v) is 6.54. The van der Waals surface area contributed by atoms with E-state index in [2.05, 4.69) is 45.1 Å². The van der Waals surface area contributed by atoms with Crippen LogP contribution in [0.15, 0.2) is 24.3 Å². The Morgan fingerprint density at radius 3 is 1.13 bits per heavy atom. The van der Waals surface area contributed by atoms with Gasteiger partial charge in [0.1, 0.15) is 13.2 Å². The molecule has 6 heteroatoms. The van der Waals surface area contributed by atoms with E-state index in [-0.39, 0.29) is 31.1 Å². The van der Waals surface area contributed by atoms with Crippen molar-refractivity contribution >= 4 is 17.9 Å². The summed E-state index contributed by atoms with van der Waals surface area (Å²) < 4.78 is 16.7. The van der Waals surface area contributed by atoms with Gasteiger partial charge in [0.25, 0.3) is 0 Å². The van der Waals surface area contributed by atoms with Crippen LogP contribution in [0.3, 0.4) is 0 Å². The van der Waals surface area contributed by atoms with E-state index in [0.29, 0.717) is 19.3 Å². The van der Waals surface area contributed by atoms with Crippen LogP contribution in [0.2, 0.25) is 0 Å². The molecule has 6 nitrogen and oxygen atoms in total. The second kappa shape index (κ2) is 42.6. The minimum atomic E-state index is -0.770. The van der Waals surface area contributed by atoms with Crippen molar-refractivity contribution in [3.05, 3.63) is 24.3 Å². The van der Waals surface area contributed by atoms with Crippen molar-refractivity contribution in [3.8, 4) is 0 Å². The number of hydrogen-bond donors (Lipinski definition) is 0. The lowest BCUT2D eigenvalue weighted by atomic mass is 10.0. The van der Waals surface area contributed by atoms with Gasteiger partial charge in [0.05, 0.1) is 0 Å². The van der Waals surface area contributed by atoms with Crippen LogP contribution in [-0.2, 0) is 28.6 Å². The highest BCUT2D eigenvalue weighted by atomic mass is 16.6. The third-order valence-electron chi connectivity index (χ3n) is 9.97. The van der Waals surface area contributed by atoms with Crippen LogP contribution in [0.4, 0.5) is 0 Å². The first-order valence-electron chi connectivity index (χ1n) is 22.8. The zero-order valence-electron chi connectivity index (χ0n) is 35.3. The molecule has 1 unspecified atom stereocenters. The van der Waals surface area contributed by atoms with Gasteiger partial charge in [0.2, 0.25) is 0 Å². The Kier molecular flexibility index (Phi) is 40.9. The second-order valence-electron chi connectivity index (χ2n) is 15.3. The van der Waals surface area contributed by atoms with Gasteiger partial charge in [-0.15, -0.1) is 0 Å². The van der Waals surface area contributed by atoms with E-state index in [0.717, 1.165) is 89.9 Å². The Labute approximate surface area is 328 Å². The third-order valence-corrected chi connectivity index (χ3v) is 9.97. The SMILES string of the molecule is CC/C=C\C/C=C\CCCCCCCC(=O)OC(COC(=O)CCCCCCCCCCC)COC(=O)CCCCCCCCCCCCCCCC. The summed E-state index contributed by atoms with van der Waals surface area (Å²) in [6, 6.07) is 0. The maximum Gasteiger partial charge on any atom is 0.306 e.